The van der Waals surface area contributed by atoms with Crippen molar-refractivity contribution in [2.75, 3.05) is 6.54 Å². The molecule has 0 saturated heterocycles. The zero-order chi connectivity index (χ0) is 7.82. The van der Waals surface area contributed by atoms with Crippen molar-refractivity contribution in [2.45, 2.75) is 13.8 Å². The highest BCUT2D eigenvalue weighted by Crippen LogP contribution is 1.90. The molecular formula is C9H15N. The fourth-order valence-corrected chi connectivity index (χ4v) is 0.633. The smallest absolute Gasteiger partial charge is 0.0296 e. The van der Waals surface area contributed by atoms with Crippen LogP contribution in [0, 0.1) is 0 Å². The fraction of sp³-hybridized carbons (Fsp3) is 0.333. The van der Waals surface area contributed by atoms with Gasteiger partial charge in [-0.3, -0.25) is 0 Å². The van der Waals surface area contributed by atoms with Gasteiger partial charge in [0.1, 0.15) is 0 Å². The maximum absolute atomic E-state index is 3.59. The molecule has 0 atom stereocenters. The van der Waals surface area contributed by atoms with E-state index in [0.29, 0.717) is 0 Å². The van der Waals surface area contributed by atoms with Crippen LogP contribution in [0.5, 0.6) is 0 Å². The Hall–Kier alpha value is -0.980. The number of allylic oxidation sites excluding steroid dienone is 4. The van der Waals surface area contributed by atoms with E-state index in [9.17, 15) is 0 Å². The first-order valence-electron chi connectivity index (χ1n) is 3.54. The van der Waals surface area contributed by atoms with Gasteiger partial charge >= 0.3 is 0 Å². The van der Waals surface area contributed by atoms with Crippen LogP contribution in [0.3, 0.4) is 0 Å². The largest absolute Gasteiger partial charge is 0.386 e. The highest BCUT2D eigenvalue weighted by atomic mass is 14.9. The van der Waals surface area contributed by atoms with Crippen LogP contribution in [-0.2, 0) is 0 Å². The summed E-state index contributed by atoms with van der Waals surface area (Å²) < 4.78 is 0. The molecule has 0 heterocycles. The van der Waals surface area contributed by atoms with E-state index in [2.05, 4.69) is 18.8 Å². The first-order chi connectivity index (χ1) is 4.85. The van der Waals surface area contributed by atoms with Crippen LogP contribution in [0.4, 0.5) is 0 Å². The van der Waals surface area contributed by atoms with Crippen LogP contribution < -0.4 is 5.32 Å². The molecule has 0 rings (SSSR count). The van der Waals surface area contributed by atoms with Crippen LogP contribution in [0.25, 0.3) is 0 Å². The second kappa shape index (κ2) is 6.14. The number of hydrogen-bond donors (Lipinski definition) is 1. The zero-order valence-electron chi connectivity index (χ0n) is 6.72. The average Bonchev–Trinajstić information content (AvgIpc) is 1.98. The van der Waals surface area contributed by atoms with Crippen LogP contribution in [0.2, 0.25) is 0 Å². The third-order valence-corrected chi connectivity index (χ3v) is 1.10. The number of likely N-dealkylation sites (N-methyl/N-ethyl adjacent to an activating group) is 1. The van der Waals surface area contributed by atoms with E-state index >= 15 is 0 Å². The van der Waals surface area contributed by atoms with Crippen molar-refractivity contribution < 1.29 is 0 Å². The molecular weight excluding hydrogens is 122 g/mol. The number of hydrogen-bond acceptors (Lipinski definition) is 1. The van der Waals surface area contributed by atoms with Gasteiger partial charge in [0.15, 0.2) is 0 Å². The molecule has 0 spiro atoms. The second-order valence-electron chi connectivity index (χ2n) is 1.87. The van der Waals surface area contributed by atoms with Crippen molar-refractivity contribution in [1.29, 1.82) is 0 Å². The van der Waals surface area contributed by atoms with Gasteiger partial charge in [0.05, 0.1) is 0 Å². The Balaban J connectivity index is 3.84. The molecule has 0 aromatic heterocycles. The summed E-state index contributed by atoms with van der Waals surface area (Å²) in [4.78, 5) is 0. The van der Waals surface area contributed by atoms with Gasteiger partial charge < -0.3 is 5.32 Å². The minimum absolute atomic E-state index is 0.959. The summed E-state index contributed by atoms with van der Waals surface area (Å²) in [6, 6.07) is 0. The molecule has 0 aromatic carbocycles. The third kappa shape index (κ3) is 3.96. The predicted molar refractivity (Wildman–Crippen MR) is 46.8 cm³/mol. The van der Waals surface area contributed by atoms with E-state index in [4.69, 9.17) is 0 Å². The van der Waals surface area contributed by atoms with Gasteiger partial charge in [-0.2, -0.15) is 0 Å². The standard InChI is InChI=1S/C9H15N/c1-4-7-8-9(5-2)10-6-3/h4-5,7-8,10H,1,6H2,2-3H3/b8-7-,9-5+. The Labute approximate surface area is 63.1 Å². The minimum atomic E-state index is 0.959. The zero-order valence-corrected chi connectivity index (χ0v) is 6.72. The monoisotopic (exact) mass is 137 g/mol. The fourth-order valence-electron chi connectivity index (χ4n) is 0.633. The van der Waals surface area contributed by atoms with Gasteiger partial charge in [0.25, 0.3) is 0 Å². The van der Waals surface area contributed by atoms with E-state index < -0.39 is 0 Å². The van der Waals surface area contributed by atoms with Crippen LogP contribution >= 0.6 is 0 Å². The van der Waals surface area contributed by atoms with E-state index in [1.165, 1.54) is 0 Å². The van der Waals surface area contributed by atoms with Gasteiger partial charge in [-0.25, -0.2) is 0 Å². The predicted octanol–water partition coefficient (Wildman–Crippen LogP) is 2.24. The molecule has 1 nitrogen and oxygen atoms in total. The van der Waals surface area contributed by atoms with Gasteiger partial charge in [-0.15, -0.1) is 0 Å². The van der Waals surface area contributed by atoms with E-state index in [1.807, 2.05) is 25.2 Å². The normalized spacial score (nSPS) is 12.0. The van der Waals surface area contributed by atoms with Crippen molar-refractivity contribution in [3.63, 3.8) is 0 Å². The summed E-state index contributed by atoms with van der Waals surface area (Å²) in [5, 5.41) is 3.19. The number of nitrogens with one attached hydrogen (secondary N) is 1. The van der Waals surface area contributed by atoms with Crippen molar-refractivity contribution >= 4 is 0 Å². The molecule has 0 aliphatic rings. The second-order valence-corrected chi connectivity index (χ2v) is 1.87. The number of rotatable bonds is 4. The molecule has 10 heavy (non-hydrogen) atoms. The lowest BCUT2D eigenvalue weighted by Gasteiger charge is -2.00. The molecule has 0 aromatic rings. The van der Waals surface area contributed by atoms with Crippen LogP contribution in [-0.4, -0.2) is 6.54 Å². The van der Waals surface area contributed by atoms with Gasteiger partial charge in [-0.1, -0.05) is 24.8 Å². The summed E-state index contributed by atoms with van der Waals surface area (Å²) in [5.41, 5.74) is 1.14. The Morgan fingerprint density at radius 2 is 2.30 bits per heavy atom. The van der Waals surface area contributed by atoms with Crippen LogP contribution in [0.1, 0.15) is 13.8 Å². The Kier molecular flexibility index (Phi) is 5.54. The highest BCUT2D eigenvalue weighted by Gasteiger charge is 1.81. The van der Waals surface area contributed by atoms with Crippen molar-refractivity contribution in [3.8, 4) is 0 Å². The molecule has 0 amide bonds. The molecule has 0 fully saturated rings. The Morgan fingerprint density at radius 1 is 1.60 bits per heavy atom. The lowest BCUT2D eigenvalue weighted by Crippen LogP contribution is -2.09. The third-order valence-electron chi connectivity index (χ3n) is 1.10. The van der Waals surface area contributed by atoms with Crippen LogP contribution in [0.15, 0.2) is 36.6 Å². The molecule has 1 N–H and O–H groups in total. The quantitative estimate of drug-likeness (QED) is 0.586. The van der Waals surface area contributed by atoms with Crippen molar-refractivity contribution in [1.82, 2.24) is 5.32 Å². The Bertz CT molecular complexity index is 143. The summed E-state index contributed by atoms with van der Waals surface area (Å²) in [7, 11) is 0. The lowest BCUT2D eigenvalue weighted by molar-refractivity contribution is 0.876. The van der Waals surface area contributed by atoms with Crippen molar-refractivity contribution in [3.05, 3.63) is 36.6 Å². The first kappa shape index (κ1) is 9.02. The topological polar surface area (TPSA) is 12.0 Å². The highest BCUT2D eigenvalue weighted by molar-refractivity contribution is 5.18. The van der Waals surface area contributed by atoms with Gasteiger partial charge in [0, 0.05) is 12.2 Å². The molecule has 0 aliphatic heterocycles. The summed E-state index contributed by atoms with van der Waals surface area (Å²) in [6.45, 7) is 8.62. The molecule has 0 unspecified atom stereocenters. The molecule has 0 saturated carbocycles. The van der Waals surface area contributed by atoms with E-state index in [-0.39, 0.29) is 0 Å². The maximum Gasteiger partial charge on any atom is 0.0296 e. The Morgan fingerprint density at radius 3 is 2.70 bits per heavy atom. The maximum atomic E-state index is 3.59. The summed E-state index contributed by atoms with van der Waals surface area (Å²) >= 11 is 0. The molecule has 0 bridgehead atoms. The molecule has 56 valence electrons. The van der Waals surface area contributed by atoms with E-state index in [0.717, 1.165) is 12.2 Å². The minimum Gasteiger partial charge on any atom is -0.386 e. The summed E-state index contributed by atoms with van der Waals surface area (Å²) in [6.07, 6.45) is 7.71. The molecule has 1 heteroatoms. The lowest BCUT2D eigenvalue weighted by atomic mass is 10.3. The molecule has 0 aliphatic carbocycles. The van der Waals surface area contributed by atoms with Crippen molar-refractivity contribution in [2.24, 2.45) is 0 Å². The SMILES string of the molecule is C=C/C=C\C(=C/C)NCC. The van der Waals surface area contributed by atoms with Gasteiger partial charge in [0.2, 0.25) is 0 Å². The summed E-state index contributed by atoms with van der Waals surface area (Å²) in [5.74, 6) is 0. The first-order valence-corrected chi connectivity index (χ1v) is 3.54. The van der Waals surface area contributed by atoms with E-state index in [1.54, 1.807) is 6.08 Å². The average molecular weight is 137 g/mol. The molecule has 0 radical (unpaired) electrons. The van der Waals surface area contributed by atoms with Gasteiger partial charge in [-0.05, 0) is 19.9 Å².